The van der Waals surface area contributed by atoms with E-state index in [1.54, 1.807) is 0 Å². The van der Waals surface area contributed by atoms with Gasteiger partial charge < -0.3 is 16.0 Å². The molecule has 1 saturated heterocycles. The summed E-state index contributed by atoms with van der Waals surface area (Å²) in [5.74, 6) is 0.138. The molecule has 0 aromatic heterocycles. The SMILES string of the molecule is CCC(=O)NC1CCCN(c2ccc(N)cc2)C1. The van der Waals surface area contributed by atoms with Crippen LogP contribution in [0.5, 0.6) is 0 Å². The summed E-state index contributed by atoms with van der Waals surface area (Å²) in [6, 6.07) is 8.19. The second-order valence-electron chi connectivity index (χ2n) is 4.80. The van der Waals surface area contributed by atoms with Crippen LogP contribution in [0.15, 0.2) is 24.3 Å². The number of nitrogen functional groups attached to an aromatic ring is 1. The highest BCUT2D eigenvalue weighted by atomic mass is 16.1. The molecule has 0 saturated carbocycles. The Bertz CT molecular complexity index is 402. The first-order valence-corrected chi connectivity index (χ1v) is 6.59. The largest absolute Gasteiger partial charge is 0.399 e. The van der Waals surface area contributed by atoms with Gasteiger partial charge in [0.1, 0.15) is 0 Å². The van der Waals surface area contributed by atoms with Gasteiger partial charge in [0.05, 0.1) is 0 Å². The number of nitrogens with one attached hydrogen (secondary N) is 1. The van der Waals surface area contributed by atoms with Crippen molar-refractivity contribution >= 4 is 17.3 Å². The zero-order chi connectivity index (χ0) is 13.0. The molecule has 18 heavy (non-hydrogen) atoms. The van der Waals surface area contributed by atoms with Crippen LogP contribution >= 0.6 is 0 Å². The number of piperidine rings is 1. The molecular formula is C14H21N3O. The number of anilines is 2. The number of rotatable bonds is 3. The summed E-state index contributed by atoms with van der Waals surface area (Å²) < 4.78 is 0. The van der Waals surface area contributed by atoms with E-state index in [-0.39, 0.29) is 11.9 Å². The molecule has 1 amide bonds. The van der Waals surface area contributed by atoms with Gasteiger partial charge in [-0.3, -0.25) is 4.79 Å². The van der Waals surface area contributed by atoms with Crippen molar-refractivity contribution in [3.63, 3.8) is 0 Å². The van der Waals surface area contributed by atoms with E-state index in [0.717, 1.165) is 31.6 Å². The minimum absolute atomic E-state index is 0.138. The van der Waals surface area contributed by atoms with Crippen LogP contribution in [0.1, 0.15) is 26.2 Å². The van der Waals surface area contributed by atoms with E-state index < -0.39 is 0 Å². The van der Waals surface area contributed by atoms with Crippen LogP contribution < -0.4 is 16.0 Å². The average molecular weight is 247 g/mol. The average Bonchev–Trinajstić information content (AvgIpc) is 2.40. The molecule has 1 fully saturated rings. The summed E-state index contributed by atoms with van der Waals surface area (Å²) in [5.41, 5.74) is 7.66. The fourth-order valence-corrected chi connectivity index (χ4v) is 2.34. The van der Waals surface area contributed by atoms with E-state index >= 15 is 0 Å². The molecule has 2 rings (SSSR count). The van der Waals surface area contributed by atoms with Crippen molar-refractivity contribution in [3.8, 4) is 0 Å². The highest BCUT2D eigenvalue weighted by Crippen LogP contribution is 2.21. The highest BCUT2D eigenvalue weighted by Gasteiger charge is 2.20. The third kappa shape index (κ3) is 3.15. The van der Waals surface area contributed by atoms with Gasteiger partial charge in [-0.15, -0.1) is 0 Å². The second kappa shape index (κ2) is 5.76. The highest BCUT2D eigenvalue weighted by molar-refractivity contribution is 5.76. The molecule has 4 nitrogen and oxygen atoms in total. The molecule has 0 radical (unpaired) electrons. The van der Waals surface area contributed by atoms with Crippen molar-refractivity contribution in [3.05, 3.63) is 24.3 Å². The molecule has 0 bridgehead atoms. The molecular weight excluding hydrogens is 226 g/mol. The van der Waals surface area contributed by atoms with Gasteiger partial charge in [-0.25, -0.2) is 0 Å². The molecule has 3 N–H and O–H groups in total. The second-order valence-corrected chi connectivity index (χ2v) is 4.80. The van der Waals surface area contributed by atoms with Crippen LogP contribution in [0.2, 0.25) is 0 Å². The van der Waals surface area contributed by atoms with Gasteiger partial charge in [0.2, 0.25) is 5.91 Å². The molecule has 1 aromatic rings. The molecule has 98 valence electrons. The van der Waals surface area contributed by atoms with Crippen molar-refractivity contribution in [2.24, 2.45) is 0 Å². The summed E-state index contributed by atoms with van der Waals surface area (Å²) in [6.07, 6.45) is 2.73. The zero-order valence-electron chi connectivity index (χ0n) is 10.9. The molecule has 4 heteroatoms. The first kappa shape index (κ1) is 12.7. The van der Waals surface area contributed by atoms with Gasteiger partial charge >= 0.3 is 0 Å². The predicted molar refractivity (Wildman–Crippen MR) is 74.5 cm³/mol. The van der Waals surface area contributed by atoms with Crippen LogP contribution in [0.4, 0.5) is 11.4 Å². The van der Waals surface area contributed by atoms with Crippen LogP contribution in [0, 0.1) is 0 Å². The summed E-state index contributed by atoms with van der Waals surface area (Å²) in [7, 11) is 0. The van der Waals surface area contributed by atoms with E-state index in [4.69, 9.17) is 5.73 Å². The van der Waals surface area contributed by atoms with Crippen LogP contribution in [-0.2, 0) is 4.79 Å². The molecule has 1 atom stereocenters. The van der Waals surface area contributed by atoms with Gasteiger partial charge in [0.25, 0.3) is 0 Å². The molecule has 1 unspecified atom stereocenters. The van der Waals surface area contributed by atoms with Crippen molar-refractivity contribution in [1.29, 1.82) is 0 Å². The molecule has 0 aliphatic carbocycles. The Morgan fingerprint density at radius 1 is 1.44 bits per heavy atom. The summed E-state index contributed by atoms with van der Waals surface area (Å²) in [6.45, 7) is 3.81. The van der Waals surface area contributed by atoms with Crippen molar-refractivity contribution in [2.45, 2.75) is 32.2 Å². The monoisotopic (exact) mass is 247 g/mol. The lowest BCUT2D eigenvalue weighted by molar-refractivity contribution is -0.121. The summed E-state index contributed by atoms with van der Waals surface area (Å²) in [4.78, 5) is 13.7. The van der Waals surface area contributed by atoms with Gasteiger partial charge in [-0.1, -0.05) is 6.92 Å². The fraction of sp³-hybridized carbons (Fsp3) is 0.500. The summed E-state index contributed by atoms with van der Waals surface area (Å²) >= 11 is 0. The standard InChI is InChI=1S/C14H21N3O/c1-2-14(18)16-12-4-3-9-17(10-12)13-7-5-11(15)6-8-13/h5-8,12H,2-4,9-10,15H2,1H3,(H,16,18). The maximum atomic E-state index is 11.4. The fourth-order valence-electron chi connectivity index (χ4n) is 2.34. The smallest absolute Gasteiger partial charge is 0.219 e. The van der Waals surface area contributed by atoms with Gasteiger partial charge in [-0.05, 0) is 37.1 Å². The van der Waals surface area contributed by atoms with Crippen molar-refractivity contribution in [2.75, 3.05) is 23.7 Å². The topological polar surface area (TPSA) is 58.4 Å². The number of carbonyl (C=O) groups is 1. The Morgan fingerprint density at radius 3 is 2.83 bits per heavy atom. The normalized spacial score (nSPS) is 19.6. The van der Waals surface area contributed by atoms with Gasteiger partial charge in [0, 0.05) is 36.9 Å². The van der Waals surface area contributed by atoms with Gasteiger partial charge in [-0.2, -0.15) is 0 Å². The minimum atomic E-state index is 0.138. The van der Waals surface area contributed by atoms with Crippen molar-refractivity contribution < 1.29 is 4.79 Å². The van der Waals surface area contributed by atoms with E-state index in [2.05, 4.69) is 10.2 Å². The third-order valence-electron chi connectivity index (χ3n) is 3.37. The lowest BCUT2D eigenvalue weighted by atomic mass is 10.0. The number of nitrogens with zero attached hydrogens (tertiary/aromatic N) is 1. The number of hydrogen-bond donors (Lipinski definition) is 2. The molecule has 1 aromatic carbocycles. The Labute approximate surface area is 108 Å². The van der Waals surface area contributed by atoms with E-state index in [0.29, 0.717) is 6.42 Å². The van der Waals surface area contributed by atoms with Crippen LogP contribution in [0.25, 0.3) is 0 Å². The molecule has 1 aliphatic rings. The quantitative estimate of drug-likeness (QED) is 0.800. The number of hydrogen-bond acceptors (Lipinski definition) is 3. The summed E-state index contributed by atoms with van der Waals surface area (Å²) in [5, 5.41) is 3.07. The maximum Gasteiger partial charge on any atom is 0.219 e. The van der Waals surface area contributed by atoms with E-state index in [1.165, 1.54) is 5.69 Å². The van der Waals surface area contributed by atoms with E-state index in [1.807, 2.05) is 31.2 Å². The lowest BCUT2D eigenvalue weighted by Gasteiger charge is -2.34. The van der Waals surface area contributed by atoms with Crippen LogP contribution in [0.3, 0.4) is 0 Å². The van der Waals surface area contributed by atoms with E-state index in [9.17, 15) is 4.79 Å². The lowest BCUT2D eigenvalue weighted by Crippen LogP contribution is -2.47. The third-order valence-corrected chi connectivity index (χ3v) is 3.37. The Kier molecular flexibility index (Phi) is 4.07. The minimum Gasteiger partial charge on any atom is -0.399 e. The first-order valence-electron chi connectivity index (χ1n) is 6.59. The molecule has 0 spiro atoms. The first-order chi connectivity index (χ1) is 8.69. The zero-order valence-corrected chi connectivity index (χ0v) is 10.9. The Hall–Kier alpha value is -1.71. The predicted octanol–water partition coefficient (Wildman–Crippen LogP) is 1.76. The Balaban J connectivity index is 1.98. The number of carbonyl (C=O) groups excluding carboxylic acids is 1. The van der Waals surface area contributed by atoms with Crippen LogP contribution in [-0.4, -0.2) is 25.0 Å². The van der Waals surface area contributed by atoms with Gasteiger partial charge in [0.15, 0.2) is 0 Å². The molecule has 1 aliphatic heterocycles. The maximum absolute atomic E-state index is 11.4. The van der Waals surface area contributed by atoms with Crippen molar-refractivity contribution in [1.82, 2.24) is 5.32 Å². The molecule has 1 heterocycles. The number of nitrogens with two attached hydrogens (primary N) is 1. The number of amides is 1. The Morgan fingerprint density at radius 2 is 2.17 bits per heavy atom. The number of benzene rings is 1.